The van der Waals surface area contributed by atoms with Gasteiger partial charge < -0.3 is 9.47 Å². The number of hydrogen-bond acceptors (Lipinski definition) is 4. The van der Waals surface area contributed by atoms with Crippen LogP contribution in [0.3, 0.4) is 0 Å². The molecule has 5 nitrogen and oxygen atoms in total. The van der Waals surface area contributed by atoms with Crippen molar-refractivity contribution in [2.75, 3.05) is 6.61 Å². The molecule has 88 valence electrons. The molecule has 1 heterocycles. The summed E-state index contributed by atoms with van der Waals surface area (Å²) in [7, 11) is -3.95. The Morgan fingerprint density at radius 2 is 2.00 bits per heavy atom. The van der Waals surface area contributed by atoms with Crippen molar-refractivity contribution in [3.05, 3.63) is 0 Å². The minimum Gasteiger partial charge on any atom is -0.348 e. The lowest BCUT2D eigenvalue weighted by Crippen LogP contribution is -2.30. The van der Waals surface area contributed by atoms with Crippen LogP contribution in [-0.2, 0) is 19.6 Å². The fraction of sp³-hybridized carbons (Fsp3) is 1.00. The van der Waals surface area contributed by atoms with Crippen LogP contribution in [0.5, 0.6) is 0 Å². The maximum absolute atomic E-state index is 11.1. The minimum absolute atomic E-state index is 0.232. The van der Waals surface area contributed by atoms with Gasteiger partial charge in [-0.25, -0.2) is 0 Å². The Hall–Kier alpha value is -0.170. The molecule has 1 aliphatic heterocycles. The summed E-state index contributed by atoms with van der Waals surface area (Å²) in [5, 5.41) is 0. The van der Waals surface area contributed by atoms with Gasteiger partial charge in [0.15, 0.2) is 5.79 Å². The van der Waals surface area contributed by atoms with Gasteiger partial charge in [-0.3, -0.25) is 4.55 Å². The summed E-state index contributed by atoms with van der Waals surface area (Å²) in [6.45, 7) is 3.98. The molecule has 0 aromatic heterocycles. The Morgan fingerprint density at radius 3 is 2.33 bits per heavy atom. The molecular weight excluding hydrogens is 220 g/mol. The normalized spacial score (nSPS) is 32.9. The third-order valence-corrected chi connectivity index (χ3v) is 4.69. The number of ether oxygens (including phenoxy) is 2. The summed E-state index contributed by atoms with van der Waals surface area (Å²) < 4.78 is 41.2. The third-order valence-electron chi connectivity index (χ3n) is 3.02. The van der Waals surface area contributed by atoms with Crippen LogP contribution < -0.4 is 0 Å². The van der Waals surface area contributed by atoms with Crippen LogP contribution in [0.2, 0.25) is 0 Å². The lowest BCUT2D eigenvalue weighted by Gasteiger charge is -2.19. The largest absolute Gasteiger partial charge is 0.348 e. The average molecular weight is 236 g/mol. The van der Waals surface area contributed by atoms with E-state index in [1.54, 1.807) is 13.8 Å². The third kappa shape index (κ3) is 2.18. The van der Waals surface area contributed by atoms with Gasteiger partial charge in [0, 0.05) is 0 Å². The van der Waals surface area contributed by atoms with Gasteiger partial charge in [0.05, 0.1) is 12.7 Å². The molecule has 1 saturated carbocycles. The molecule has 2 aliphatic rings. The van der Waals surface area contributed by atoms with Crippen molar-refractivity contribution in [2.45, 2.75) is 49.7 Å². The van der Waals surface area contributed by atoms with E-state index in [0.717, 1.165) is 0 Å². The summed E-state index contributed by atoms with van der Waals surface area (Å²) >= 11 is 0. The van der Waals surface area contributed by atoms with E-state index in [9.17, 15) is 8.42 Å². The van der Waals surface area contributed by atoms with Crippen LogP contribution in [0.25, 0.3) is 0 Å². The zero-order valence-electron chi connectivity index (χ0n) is 8.89. The van der Waals surface area contributed by atoms with E-state index in [4.69, 9.17) is 14.0 Å². The van der Waals surface area contributed by atoms with Crippen LogP contribution in [0.1, 0.15) is 33.1 Å². The molecule has 6 heteroatoms. The summed E-state index contributed by atoms with van der Waals surface area (Å²) in [5.74, 6) is -0.639. The van der Waals surface area contributed by atoms with Gasteiger partial charge in [-0.15, -0.1) is 0 Å². The molecule has 1 N–H and O–H groups in total. The summed E-state index contributed by atoms with van der Waals surface area (Å²) in [6, 6.07) is 0. The Labute approximate surface area is 89.5 Å². The molecule has 0 spiro atoms. The van der Waals surface area contributed by atoms with Gasteiger partial charge >= 0.3 is 0 Å². The Bertz CT molecular complexity index is 355. The highest BCUT2D eigenvalue weighted by Gasteiger charge is 2.56. The molecule has 2 rings (SSSR count). The van der Waals surface area contributed by atoms with Crippen molar-refractivity contribution in [1.82, 2.24) is 0 Å². The van der Waals surface area contributed by atoms with Gasteiger partial charge in [-0.1, -0.05) is 0 Å². The topological polar surface area (TPSA) is 72.8 Å². The maximum Gasteiger partial charge on any atom is 0.270 e. The molecule has 1 aliphatic carbocycles. The van der Waals surface area contributed by atoms with Gasteiger partial charge in [0.2, 0.25) is 0 Å². The average Bonchev–Trinajstić information content (AvgIpc) is 2.73. The van der Waals surface area contributed by atoms with Gasteiger partial charge in [-0.2, -0.15) is 8.42 Å². The highest BCUT2D eigenvalue weighted by molar-refractivity contribution is 7.87. The molecule has 0 unspecified atom stereocenters. The summed E-state index contributed by atoms with van der Waals surface area (Å²) in [6.07, 6.45) is 1.14. The van der Waals surface area contributed by atoms with E-state index in [2.05, 4.69) is 0 Å². The van der Waals surface area contributed by atoms with Crippen molar-refractivity contribution in [3.8, 4) is 0 Å². The van der Waals surface area contributed by atoms with E-state index in [0.29, 0.717) is 25.9 Å². The lowest BCUT2D eigenvalue weighted by molar-refractivity contribution is -0.139. The van der Waals surface area contributed by atoms with Crippen molar-refractivity contribution >= 4 is 10.1 Å². The molecule has 15 heavy (non-hydrogen) atoms. The highest BCUT2D eigenvalue weighted by atomic mass is 32.2. The summed E-state index contributed by atoms with van der Waals surface area (Å²) in [5.41, 5.74) is 0. The first-order valence-corrected chi connectivity index (χ1v) is 6.47. The first-order valence-electron chi connectivity index (χ1n) is 5.03. The molecule has 1 atom stereocenters. The molecule has 0 radical (unpaired) electrons. The van der Waals surface area contributed by atoms with Gasteiger partial charge in [-0.05, 0) is 33.1 Å². The molecule has 0 amide bonds. The zero-order valence-corrected chi connectivity index (χ0v) is 9.71. The standard InChI is InChI=1S/C9H16O5S/c1-8(2)13-6-7(14-8)5-9(3-4-9)15(10,11)12/h7H,3-6H2,1-2H3,(H,10,11,12)/t7-/m0/s1. The Balaban J connectivity index is 2.00. The first kappa shape index (κ1) is 11.3. The van der Waals surface area contributed by atoms with E-state index < -0.39 is 20.7 Å². The van der Waals surface area contributed by atoms with Gasteiger partial charge in [0.25, 0.3) is 10.1 Å². The molecule has 0 aromatic carbocycles. The number of rotatable bonds is 3. The van der Waals surface area contributed by atoms with Crippen molar-refractivity contribution in [3.63, 3.8) is 0 Å². The van der Waals surface area contributed by atoms with E-state index in [-0.39, 0.29) is 6.10 Å². The second-order valence-corrected chi connectivity index (χ2v) is 6.63. The highest BCUT2D eigenvalue weighted by Crippen LogP contribution is 2.48. The first-order chi connectivity index (χ1) is 6.74. The van der Waals surface area contributed by atoms with Crippen LogP contribution >= 0.6 is 0 Å². The van der Waals surface area contributed by atoms with Crippen LogP contribution in [0.15, 0.2) is 0 Å². The predicted molar refractivity (Wildman–Crippen MR) is 53.0 cm³/mol. The van der Waals surface area contributed by atoms with Crippen LogP contribution in [-0.4, -0.2) is 36.2 Å². The quantitative estimate of drug-likeness (QED) is 0.738. The van der Waals surface area contributed by atoms with Crippen LogP contribution in [0.4, 0.5) is 0 Å². The molecule has 0 bridgehead atoms. The second-order valence-electron chi connectivity index (χ2n) is 4.81. The monoisotopic (exact) mass is 236 g/mol. The Morgan fingerprint density at radius 1 is 1.40 bits per heavy atom. The molecule has 0 aromatic rings. The number of hydrogen-bond donors (Lipinski definition) is 1. The molecular formula is C9H16O5S. The van der Waals surface area contributed by atoms with Gasteiger partial charge in [0.1, 0.15) is 4.75 Å². The fourth-order valence-corrected chi connectivity index (χ4v) is 3.00. The van der Waals surface area contributed by atoms with Crippen molar-refractivity contribution < 1.29 is 22.4 Å². The zero-order chi connectivity index (χ0) is 11.3. The SMILES string of the molecule is CC1(C)OC[C@H](CC2(S(=O)(=O)O)CC2)O1. The smallest absolute Gasteiger partial charge is 0.270 e. The van der Waals surface area contributed by atoms with Crippen molar-refractivity contribution in [1.29, 1.82) is 0 Å². The van der Waals surface area contributed by atoms with E-state index in [1.165, 1.54) is 0 Å². The Kier molecular flexibility index (Phi) is 2.39. The minimum atomic E-state index is -3.95. The predicted octanol–water partition coefficient (Wildman–Crippen LogP) is 0.948. The van der Waals surface area contributed by atoms with E-state index >= 15 is 0 Å². The molecule has 1 saturated heterocycles. The second kappa shape index (κ2) is 3.16. The fourth-order valence-electron chi connectivity index (χ4n) is 1.99. The maximum atomic E-state index is 11.1. The van der Waals surface area contributed by atoms with Crippen LogP contribution in [0, 0.1) is 0 Å². The lowest BCUT2D eigenvalue weighted by atomic mass is 10.2. The summed E-state index contributed by atoms with van der Waals surface area (Å²) in [4.78, 5) is 0. The molecule has 2 fully saturated rings. The van der Waals surface area contributed by atoms with Crippen molar-refractivity contribution in [2.24, 2.45) is 0 Å². The van der Waals surface area contributed by atoms with E-state index in [1.807, 2.05) is 0 Å².